The Morgan fingerprint density at radius 3 is 2.44 bits per heavy atom. The number of nitrogens with zero attached hydrogens (tertiary/aromatic N) is 3. The van der Waals surface area contributed by atoms with Crippen LogP contribution in [0.2, 0.25) is 0 Å². The maximum Gasteiger partial charge on any atom is 0.245 e. The maximum atomic E-state index is 13.3. The molecule has 0 N–H and O–H groups in total. The summed E-state index contributed by atoms with van der Waals surface area (Å²) < 4.78 is 5.18. The van der Waals surface area contributed by atoms with E-state index in [2.05, 4.69) is 0 Å². The smallest absolute Gasteiger partial charge is 0.245 e. The van der Waals surface area contributed by atoms with Crippen LogP contribution in [-0.4, -0.2) is 78.3 Å². The molecular weight excluding hydrogens is 450 g/mol. The number of thiophene rings is 1. The Labute approximate surface area is 205 Å². The van der Waals surface area contributed by atoms with Crippen LogP contribution in [0.5, 0.6) is 5.75 Å². The molecule has 0 spiro atoms. The van der Waals surface area contributed by atoms with Crippen LogP contribution in [0.3, 0.4) is 0 Å². The minimum atomic E-state index is -0.371. The number of hydrogen-bond donors (Lipinski definition) is 0. The molecule has 0 radical (unpaired) electrons. The topological polar surface area (TPSA) is 70.2 Å². The van der Waals surface area contributed by atoms with Gasteiger partial charge in [-0.05, 0) is 54.8 Å². The SMILES string of the molecule is COc1ccc(CCC(=O)N2CCCN(C(=O)C3CCCN3C(=O)Cc3cccs3)CC2)cc1. The predicted molar refractivity (Wildman–Crippen MR) is 132 cm³/mol. The highest BCUT2D eigenvalue weighted by molar-refractivity contribution is 7.10. The van der Waals surface area contributed by atoms with Crippen LogP contribution in [0.25, 0.3) is 0 Å². The van der Waals surface area contributed by atoms with E-state index in [4.69, 9.17) is 4.74 Å². The van der Waals surface area contributed by atoms with Crippen molar-refractivity contribution in [2.24, 2.45) is 0 Å². The first-order chi connectivity index (χ1) is 16.5. The van der Waals surface area contributed by atoms with Crippen LogP contribution in [0.1, 0.15) is 36.1 Å². The maximum absolute atomic E-state index is 13.3. The van der Waals surface area contributed by atoms with Crippen molar-refractivity contribution >= 4 is 29.1 Å². The standard InChI is InChI=1S/C26H33N3O4S/c1-33-21-10-7-20(8-11-21)9-12-24(30)27-13-4-14-28(17-16-27)26(32)23-6-2-15-29(23)25(31)19-22-5-3-18-34-22/h3,5,7-8,10-11,18,23H,2,4,6,9,12-17,19H2,1H3. The van der Waals surface area contributed by atoms with Crippen LogP contribution in [0.15, 0.2) is 41.8 Å². The number of hydrogen-bond acceptors (Lipinski definition) is 5. The first-order valence-electron chi connectivity index (χ1n) is 12.1. The molecule has 3 heterocycles. The summed E-state index contributed by atoms with van der Waals surface area (Å²) in [5.74, 6) is 0.994. The summed E-state index contributed by atoms with van der Waals surface area (Å²) in [6.07, 6.45) is 3.83. The lowest BCUT2D eigenvalue weighted by molar-refractivity contribution is -0.143. The summed E-state index contributed by atoms with van der Waals surface area (Å²) in [4.78, 5) is 45.5. The highest BCUT2D eigenvalue weighted by Crippen LogP contribution is 2.23. The van der Waals surface area contributed by atoms with Crippen molar-refractivity contribution in [3.63, 3.8) is 0 Å². The van der Waals surface area contributed by atoms with Crippen LogP contribution < -0.4 is 4.74 Å². The Balaban J connectivity index is 1.28. The Hall–Kier alpha value is -2.87. The van der Waals surface area contributed by atoms with Gasteiger partial charge in [0.1, 0.15) is 11.8 Å². The van der Waals surface area contributed by atoms with Crippen molar-refractivity contribution in [2.75, 3.05) is 39.8 Å². The molecule has 2 fully saturated rings. The average Bonchev–Trinajstić information content (AvgIpc) is 3.49. The molecule has 4 rings (SSSR count). The van der Waals surface area contributed by atoms with E-state index in [9.17, 15) is 14.4 Å². The van der Waals surface area contributed by atoms with Gasteiger partial charge in [0.25, 0.3) is 0 Å². The molecule has 182 valence electrons. The van der Waals surface area contributed by atoms with Gasteiger partial charge in [-0.25, -0.2) is 0 Å². The number of likely N-dealkylation sites (tertiary alicyclic amines) is 1. The molecule has 8 heteroatoms. The monoisotopic (exact) mass is 483 g/mol. The second kappa shape index (κ2) is 11.5. The highest BCUT2D eigenvalue weighted by Gasteiger charge is 2.37. The normalized spacial score (nSPS) is 18.6. The van der Waals surface area contributed by atoms with E-state index < -0.39 is 0 Å². The molecule has 2 saturated heterocycles. The largest absolute Gasteiger partial charge is 0.497 e. The van der Waals surface area contributed by atoms with Crippen molar-refractivity contribution in [3.05, 3.63) is 52.2 Å². The van der Waals surface area contributed by atoms with Crippen molar-refractivity contribution < 1.29 is 19.1 Å². The van der Waals surface area contributed by atoms with Gasteiger partial charge in [0.2, 0.25) is 17.7 Å². The van der Waals surface area contributed by atoms with E-state index in [1.807, 2.05) is 51.6 Å². The molecule has 1 aromatic carbocycles. The highest BCUT2D eigenvalue weighted by atomic mass is 32.1. The second-order valence-corrected chi connectivity index (χ2v) is 9.94. The van der Waals surface area contributed by atoms with E-state index in [1.165, 1.54) is 0 Å². The zero-order valence-corrected chi connectivity index (χ0v) is 20.6. The molecular formula is C26H33N3O4S. The second-order valence-electron chi connectivity index (χ2n) is 8.91. The number of carbonyl (C=O) groups is 3. The lowest BCUT2D eigenvalue weighted by Crippen LogP contribution is -2.49. The zero-order valence-electron chi connectivity index (χ0n) is 19.8. The summed E-state index contributed by atoms with van der Waals surface area (Å²) in [5, 5.41) is 1.97. The summed E-state index contributed by atoms with van der Waals surface area (Å²) in [7, 11) is 1.64. The van der Waals surface area contributed by atoms with Gasteiger partial charge in [-0.3, -0.25) is 14.4 Å². The molecule has 34 heavy (non-hydrogen) atoms. The van der Waals surface area contributed by atoms with Gasteiger partial charge in [-0.15, -0.1) is 11.3 Å². The van der Waals surface area contributed by atoms with Gasteiger partial charge >= 0.3 is 0 Å². The lowest BCUT2D eigenvalue weighted by Gasteiger charge is -2.29. The van der Waals surface area contributed by atoms with E-state index >= 15 is 0 Å². The van der Waals surface area contributed by atoms with Crippen LogP contribution in [0, 0.1) is 0 Å². The van der Waals surface area contributed by atoms with Gasteiger partial charge in [-0.1, -0.05) is 18.2 Å². The Morgan fingerprint density at radius 1 is 0.941 bits per heavy atom. The minimum Gasteiger partial charge on any atom is -0.497 e. The predicted octanol–water partition coefficient (Wildman–Crippen LogP) is 2.98. The molecule has 2 aliphatic heterocycles. The fraction of sp³-hybridized carbons (Fsp3) is 0.500. The molecule has 0 saturated carbocycles. The number of aryl methyl sites for hydroxylation is 1. The van der Waals surface area contributed by atoms with Gasteiger partial charge in [0.15, 0.2) is 0 Å². The van der Waals surface area contributed by atoms with E-state index in [1.54, 1.807) is 23.3 Å². The summed E-state index contributed by atoms with van der Waals surface area (Å²) in [6, 6.07) is 11.3. The Kier molecular flexibility index (Phi) is 8.21. The minimum absolute atomic E-state index is 0.0310. The number of methoxy groups -OCH3 is 1. The lowest BCUT2D eigenvalue weighted by atomic mass is 10.1. The molecule has 1 aromatic heterocycles. The van der Waals surface area contributed by atoms with Crippen LogP contribution in [-0.2, 0) is 27.2 Å². The van der Waals surface area contributed by atoms with Gasteiger partial charge in [0.05, 0.1) is 13.5 Å². The first kappa shape index (κ1) is 24.3. The van der Waals surface area contributed by atoms with E-state index in [0.29, 0.717) is 52.0 Å². The van der Waals surface area contributed by atoms with E-state index in [0.717, 1.165) is 35.5 Å². The molecule has 3 amide bonds. The zero-order chi connectivity index (χ0) is 23.9. The molecule has 0 bridgehead atoms. The molecule has 1 unspecified atom stereocenters. The van der Waals surface area contributed by atoms with Crippen molar-refractivity contribution in [3.8, 4) is 5.75 Å². The average molecular weight is 484 g/mol. The molecule has 2 aliphatic rings. The van der Waals surface area contributed by atoms with Crippen molar-refractivity contribution in [2.45, 2.75) is 44.6 Å². The quantitative estimate of drug-likeness (QED) is 0.607. The summed E-state index contributed by atoms with van der Waals surface area (Å²) >= 11 is 1.57. The number of carbonyl (C=O) groups excluding carboxylic acids is 3. The Morgan fingerprint density at radius 2 is 1.71 bits per heavy atom. The van der Waals surface area contributed by atoms with E-state index in [-0.39, 0.29) is 23.8 Å². The molecule has 2 aromatic rings. The van der Waals surface area contributed by atoms with Crippen molar-refractivity contribution in [1.82, 2.24) is 14.7 Å². The third-order valence-electron chi connectivity index (χ3n) is 6.71. The number of rotatable bonds is 7. The third kappa shape index (κ3) is 5.97. The fourth-order valence-electron chi connectivity index (χ4n) is 4.79. The van der Waals surface area contributed by atoms with Gasteiger partial charge in [0, 0.05) is 44.0 Å². The van der Waals surface area contributed by atoms with Gasteiger partial charge in [-0.2, -0.15) is 0 Å². The molecule has 1 atom stereocenters. The third-order valence-corrected chi connectivity index (χ3v) is 7.59. The van der Waals surface area contributed by atoms with Crippen LogP contribution in [0.4, 0.5) is 0 Å². The number of ether oxygens (including phenoxy) is 1. The number of amides is 3. The van der Waals surface area contributed by atoms with Crippen LogP contribution >= 0.6 is 11.3 Å². The summed E-state index contributed by atoms with van der Waals surface area (Å²) in [6.45, 7) is 3.01. The number of benzene rings is 1. The Bertz CT molecular complexity index is 976. The summed E-state index contributed by atoms with van der Waals surface area (Å²) in [5.41, 5.74) is 1.11. The fourth-order valence-corrected chi connectivity index (χ4v) is 5.48. The molecule has 7 nitrogen and oxygen atoms in total. The van der Waals surface area contributed by atoms with Crippen molar-refractivity contribution in [1.29, 1.82) is 0 Å². The van der Waals surface area contributed by atoms with Gasteiger partial charge < -0.3 is 19.4 Å². The molecule has 0 aliphatic carbocycles. The first-order valence-corrected chi connectivity index (χ1v) is 12.9.